The van der Waals surface area contributed by atoms with Crippen molar-refractivity contribution in [2.24, 2.45) is 0 Å². The van der Waals surface area contributed by atoms with Crippen LogP contribution in [0.1, 0.15) is 60.8 Å². The third-order valence-corrected chi connectivity index (χ3v) is 8.23. The van der Waals surface area contributed by atoms with Crippen LogP contribution >= 0.6 is 0 Å². The SMILES string of the molecule is CCOc1ccc(C[C@@H]2c3cc(OCC)c(OCC)cc3CCN2C(=O)c2ccc(N3CCOCC3)c([N+](=O)[O-])c2)cc1OCC. The molecule has 2 aliphatic heterocycles. The van der Waals surface area contributed by atoms with E-state index in [9.17, 15) is 14.9 Å². The molecule has 3 aromatic carbocycles. The van der Waals surface area contributed by atoms with Crippen molar-refractivity contribution < 1.29 is 33.4 Å². The largest absolute Gasteiger partial charge is 0.490 e. The Balaban J connectivity index is 1.56. The molecule has 0 spiro atoms. The molecule has 2 aliphatic rings. The van der Waals surface area contributed by atoms with Gasteiger partial charge in [-0.15, -0.1) is 0 Å². The number of carbonyl (C=O) groups excluding carboxylic acids is 1. The van der Waals surface area contributed by atoms with Gasteiger partial charge in [-0.3, -0.25) is 14.9 Å². The molecular formula is C35H43N3O8. The average Bonchev–Trinajstić information content (AvgIpc) is 3.06. The van der Waals surface area contributed by atoms with Gasteiger partial charge in [0.1, 0.15) is 5.69 Å². The van der Waals surface area contributed by atoms with Crippen LogP contribution in [0.2, 0.25) is 0 Å². The molecule has 0 N–H and O–H groups in total. The van der Waals surface area contributed by atoms with Crippen LogP contribution in [-0.4, -0.2) is 75.0 Å². The lowest BCUT2D eigenvalue weighted by atomic mass is 9.87. The zero-order valence-electron chi connectivity index (χ0n) is 27.1. The Morgan fingerprint density at radius 2 is 1.46 bits per heavy atom. The first-order chi connectivity index (χ1) is 22.4. The molecular weight excluding hydrogens is 590 g/mol. The molecule has 1 fully saturated rings. The Kier molecular flexibility index (Phi) is 10.8. The van der Waals surface area contributed by atoms with E-state index in [1.165, 1.54) is 6.07 Å². The number of nitrogens with zero attached hydrogens (tertiary/aromatic N) is 3. The number of anilines is 1. The molecule has 46 heavy (non-hydrogen) atoms. The Morgan fingerprint density at radius 3 is 2.11 bits per heavy atom. The molecule has 0 radical (unpaired) electrons. The Labute approximate surface area is 270 Å². The smallest absolute Gasteiger partial charge is 0.293 e. The molecule has 0 aromatic heterocycles. The van der Waals surface area contributed by atoms with Gasteiger partial charge in [0.2, 0.25) is 0 Å². The van der Waals surface area contributed by atoms with Crippen molar-refractivity contribution in [3.63, 3.8) is 0 Å². The first kappa shape index (κ1) is 32.9. The predicted octanol–water partition coefficient (Wildman–Crippen LogP) is 6.01. The monoisotopic (exact) mass is 633 g/mol. The van der Waals surface area contributed by atoms with Crippen molar-refractivity contribution in [3.05, 3.63) is 80.9 Å². The number of ether oxygens (including phenoxy) is 5. The zero-order valence-corrected chi connectivity index (χ0v) is 27.1. The van der Waals surface area contributed by atoms with E-state index in [1.54, 1.807) is 12.1 Å². The summed E-state index contributed by atoms with van der Waals surface area (Å²) in [7, 11) is 0. The van der Waals surface area contributed by atoms with Gasteiger partial charge in [-0.05, 0) is 93.6 Å². The molecule has 1 saturated heterocycles. The molecule has 3 aromatic rings. The van der Waals surface area contributed by atoms with E-state index in [-0.39, 0.29) is 23.2 Å². The van der Waals surface area contributed by atoms with Gasteiger partial charge in [-0.1, -0.05) is 6.07 Å². The highest BCUT2D eigenvalue weighted by atomic mass is 16.6. The van der Waals surface area contributed by atoms with Crippen LogP contribution in [-0.2, 0) is 17.6 Å². The summed E-state index contributed by atoms with van der Waals surface area (Å²) >= 11 is 0. The van der Waals surface area contributed by atoms with E-state index < -0.39 is 4.92 Å². The number of amides is 1. The number of nitro benzene ring substituents is 1. The van der Waals surface area contributed by atoms with Gasteiger partial charge in [0, 0.05) is 31.3 Å². The third kappa shape index (κ3) is 7.14. The van der Waals surface area contributed by atoms with Gasteiger partial charge in [0.15, 0.2) is 23.0 Å². The van der Waals surface area contributed by atoms with Crippen molar-refractivity contribution in [1.82, 2.24) is 4.90 Å². The lowest BCUT2D eigenvalue weighted by Crippen LogP contribution is -2.41. The molecule has 246 valence electrons. The van der Waals surface area contributed by atoms with E-state index in [2.05, 4.69) is 0 Å². The van der Waals surface area contributed by atoms with E-state index >= 15 is 0 Å². The number of benzene rings is 3. The minimum atomic E-state index is -0.413. The van der Waals surface area contributed by atoms with Gasteiger partial charge >= 0.3 is 0 Å². The first-order valence-corrected chi connectivity index (χ1v) is 16.1. The number of nitro groups is 1. The molecule has 0 aliphatic carbocycles. The van der Waals surface area contributed by atoms with Gasteiger partial charge < -0.3 is 33.5 Å². The van der Waals surface area contributed by atoms with E-state index in [1.807, 2.05) is 67.8 Å². The summed E-state index contributed by atoms with van der Waals surface area (Å²) in [5.74, 6) is 2.34. The van der Waals surface area contributed by atoms with Gasteiger partial charge in [-0.25, -0.2) is 0 Å². The van der Waals surface area contributed by atoms with E-state index in [0.717, 1.165) is 16.7 Å². The van der Waals surface area contributed by atoms with Gasteiger partial charge in [0.05, 0.1) is 50.6 Å². The normalized spacial score (nSPS) is 16.0. The molecule has 5 rings (SSSR count). The maximum Gasteiger partial charge on any atom is 0.293 e. The maximum atomic E-state index is 14.3. The highest BCUT2D eigenvalue weighted by Gasteiger charge is 2.34. The zero-order chi connectivity index (χ0) is 32.6. The third-order valence-electron chi connectivity index (χ3n) is 8.23. The Bertz CT molecular complexity index is 1540. The molecule has 0 saturated carbocycles. The number of carbonyl (C=O) groups is 1. The highest BCUT2D eigenvalue weighted by molar-refractivity contribution is 5.96. The highest BCUT2D eigenvalue weighted by Crippen LogP contribution is 2.42. The van der Waals surface area contributed by atoms with Crippen LogP contribution < -0.4 is 23.8 Å². The second kappa shape index (κ2) is 15.2. The molecule has 0 bridgehead atoms. The molecule has 1 atom stereocenters. The van der Waals surface area contributed by atoms with Crippen LogP contribution in [0.4, 0.5) is 11.4 Å². The van der Waals surface area contributed by atoms with Gasteiger partial charge in [-0.2, -0.15) is 0 Å². The van der Waals surface area contributed by atoms with Gasteiger partial charge in [0.25, 0.3) is 11.6 Å². The first-order valence-electron chi connectivity index (χ1n) is 16.1. The van der Waals surface area contributed by atoms with Crippen LogP contribution in [0.25, 0.3) is 0 Å². The van der Waals surface area contributed by atoms with Crippen LogP contribution in [0, 0.1) is 10.1 Å². The standard InChI is InChI=1S/C35H43N3O8/c1-5-43-31-12-9-24(20-32(31)44-6-2)19-29-27-23-34(46-8-4)33(45-7-3)22-25(27)13-14-37(29)35(39)26-10-11-28(30(21-26)38(40)41)36-15-17-42-18-16-36/h9-12,20-23,29H,5-8,13-19H2,1-4H3/t29-/m1/s1. The lowest BCUT2D eigenvalue weighted by molar-refractivity contribution is -0.384. The summed E-state index contributed by atoms with van der Waals surface area (Å²) in [5.41, 5.74) is 3.67. The summed E-state index contributed by atoms with van der Waals surface area (Å²) in [5, 5.41) is 12.2. The summed E-state index contributed by atoms with van der Waals surface area (Å²) in [6.45, 7) is 12.2. The van der Waals surface area contributed by atoms with Crippen LogP contribution in [0.3, 0.4) is 0 Å². The van der Waals surface area contributed by atoms with E-state index in [0.29, 0.717) is 101 Å². The maximum absolute atomic E-state index is 14.3. The van der Waals surface area contributed by atoms with Crippen molar-refractivity contribution in [3.8, 4) is 23.0 Å². The molecule has 2 heterocycles. The fourth-order valence-corrected chi connectivity index (χ4v) is 6.19. The topological polar surface area (TPSA) is 113 Å². The minimum Gasteiger partial charge on any atom is -0.490 e. The quantitative estimate of drug-likeness (QED) is 0.165. The Hall–Kier alpha value is -4.51. The lowest BCUT2D eigenvalue weighted by Gasteiger charge is -2.38. The molecule has 11 heteroatoms. The minimum absolute atomic E-state index is 0.0884. The summed E-state index contributed by atoms with van der Waals surface area (Å²) < 4.78 is 29.0. The average molecular weight is 634 g/mol. The predicted molar refractivity (Wildman–Crippen MR) is 175 cm³/mol. The second-order valence-corrected chi connectivity index (χ2v) is 11.0. The Morgan fingerprint density at radius 1 is 0.826 bits per heavy atom. The molecule has 1 amide bonds. The van der Waals surface area contributed by atoms with Crippen molar-refractivity contribution >= 4 is 17.3 Å². The van der Waals surface area contributed by atoms with E-state index in [4.69, 9.17) is 23.7 Å². The number of hydrogen-bond acceptors (Lipinski definition) is 9. The fraction of sp³-hybridized carbons (Fsp3) is 0.457. The second-order valence-electron chi connectivity index (χ2n) is 11.0. The van der Waals surface area contributed by atoms with Crippen LogP contribution in [0.5, 0.6) is 23.0 Å². The number of rotatable bonds is 13. The summed E-state index contributed by atoms with van der Waals surface area (Å²) in [6.07, 6.45) is 1.09. The number of fused-ring (bicyclic) bond motifs is 1. The summed E-state index contributed by atoms with van der Waals surface area (Å²) in [6, 6.07) is 14.3. The molecule has 11 nitrogen and oxygen atoms in total. The molecule has 0 unspecified atom stereocenters. The fourth-order valence-electron chi connectivity index (χ4n) is 6.19. The van der Waals surface area contributed by atoms with Crippen molar-refractivity contribution in [2.75, 3.05) is 64.2 Å². The number of hydrogen-bond donors (Lipinski definition) is 0. The van der Waals surface area contributed by atoms with Crippen molar-refractivity contribution in [2.45, 2.75) is 46.6 Å². The number of morpholine rings is 1. The summed E-state index contributed by atoms with van der Waals surface area (Å²) in [4.78, 5) is 29.9. The van der Waals surface area contributed by atoms with Crippen LogP contribution in [0.15, 0.2) is 48.5 Å². The van der Waals surface area contributed by atoms with Crippen molar-refractivity contribution in [1.29, 1.82) is 0 Å².